The van der Waals surface area contributed by atoms with Gasteiger partial charge in [-0.15, -0.1) is 0 Å². The number of carbonyl (C=O) groups excluding carboxylic acids is 1. The molecule has 0 bridgehead atoms. The molecule has 0 N–H and O–H groups in total. The fourth-order valence-electron chi connectivity index (χ4n) is 4.58. The summed E-state index contributed by atoms with van der Waals surface area (Å²) in [5.41, 5.74) is 1.91. The Balaban J connectivity index is 1.39. The van der Waals surface area contributed by atoms with Crippen molar-refractivity contribution < 1.29 is 4.79 Å². The molecule has 5 heteroatoms. The van der Waals surface area contributed by atoms with Crippen LogP contribution in [-0.4, -0.2) is 46.4 Å². The summed E-state index contributed by atoms with van der Waals surface area (Å²) in [6.07, 6.45) is 11.6. The van der Waals surface area contributed by atoms with Gasteiger partial charge in [0.15, 0.2) is 0 Å². The maximum Gasteiger partial charge on any atom is 0.255 e. The number of likely N-dealkylation sites (tertiary alicyclic amines) is 1. The Kier molecular flexibility index (Phi) is 6.20. The number of nitrogens with zero attached hydrogens (tertiary/aromatic N) is 3. The van der Waals surface area contributed by atoms with Gasteiger partial charge in [-0.25, -0.2) is 0 Å². The van der Waals surface area contributed by atoms with Crippen LogP contribution in [0.15, 0.2) is 41.4 Å². The van der Waals surface area contributed by atoms with Crippen molar-refractivity contribution >= 4 is 17.2 Å². The molecule has 0 spiro atoms. The molecule has 1 aliphatic heterocycles. The number of rotatable bonds is 6. The molecule has 3 heterocycles. The predicted molar refractivity (Wildman–Crippen MR) is 110 cm³/mol. The number of thiophene rings is 1. The number of carbonyl (C=O) groups is 1. The lowest BCUT2D eigenvalue weighted by atomic mass is 9.94. The number of pyridine rings is 1. The highest BCUT2D eigenvalue weighted by atomic mass is 32.1. The molecule has 2 fully saturated rings. The topological polar surface area (TPSA) is 36.4 Å². The molecule has 0 atom stereocenters. The van der Waals surface area contributed by atoms with Gasteiger partial charge in [-0.05, 0) is 67.8 Å². The van der Waals surface area contributed by atoms with Crippen LogP contribution in [-0.2, 0) is 6.54 Å². The Morgan fingerprint density at radius 1 is 1.19 bits per heavy atom. The van der Waals surface area contributed by atoms with E-state index in [1.165, 1.54) is 51.6 Å². The van der Waals surface area contributed by atoms with Gasteiger partial charge < -0.3 is 9.80 Å². The van der Waals surface area contributed by atoms with E-state index in [0.29, 0.717) is 12.5 Å². The van der Waals surface area contributed by atoms with Crippen molar-refractivity contribution in [3.8, 4) is 0 Å². The summed E-state index contributed by atoms with van der Waals surface area (Å²) in [5, 5.41) is 3.94. The molecule has 0 aromatic carbocycles. The minimum absolute atomic E-state index is 0.151. The van der Waals surface area contributed by atoms with Crippen LogP contribution in [0.2, 0.25) is 0 Å². The van der Waals surface area contributed by atoms with Crippen molar-refractivity contribution in [3.63, 3.8) is 0 Å². The third-order valence-electron chi connectivity index (χ3n) is 6.12. The standard InChI is InChI=1S/C22H29N3OS/c26-22(20-9-13-27-17-20)25(16-19-4-3-10-23-14-19)15-18-7-11-24(12-8-18)21-5-1-2-6-21/h3-4,9-10,13-14,17-18,21H,1-2,5-8,11-12,15-16H2. The van der Waals surface area contributed by atoms with E-state index in [2.05, 4.69) is 16.0 Å². The lowest BCUT2D eigenvalue weighted by Crippen LogP contribution is -2.43. The molecule has 4 rings (SSSR count). The summed E-state index contributed by atoms with van der Waals surface area (Å²) in [7, 11) is 0. The van der Waals surface area contributed by atoms with Crippen LogP contribution >= 0.6 is 11.3 Å². The van der Waals surface area contributed by atoms with E-state index in [0.717, 1.165) is 23.7 Å². The van der Waals surface area contributed by atoms with Crippen LogP contribution in [0, 0.1) is 5.92 Å². The molecule has 1 saturated heterocycles. The Morgan fingerprint density at radius 2 is 2.00 bits per heavy atom. The molecule has 2 aromatic heterocycles. The molecule has 1 aliphatic carbocycles. The summed E-state index contributed by atoms with van der Waals surface area (Å²) < 4.78 is 0. The second kappa shape index (κ2) is 8.98. The van der Waals surface area contributed by atoms with Gasteiger partial charge in [-0.3, -0.25) is 9.78 Å². The van der Waals surface area contributed by atoms with Crippen LogP contribution in [0.3, 0.4) is 0 Å². The number of hydrogen-bond donors (Lipinski definition) is 0. The highest BCUT2D eigenvalue weighted by Gasteiger charge is 2.29. The van der Waals surface area contributed by atoms with E-state index in [4.69, 9.17) is 0 Å². The van der Waals surface area contributed by atoms with Crippen molar-refractivity contribution in [2.75, 3.05) is 19.6 Å². The molecule has 144 valence electrons. The monoisotopic (exact) mass is 383 g/mol. The molecular formula is C22H29N3OS. The maximum atomic E-state index is 13.1. The number of piperidine rings is 1. The van der Waals surface area contributed by atoms with Gasteiger partial charge >= 0.3 is 0 Å². The molecular weight excluding hydrogens is 354 g/mol. The first-order valence-electron chi connectivity index (χ1n) is 10.2. The Bertz CT molecular complexity index is 704. The van der Waals surface area contributed by atoms with Gasteiger partial charge in [0.25, 0.3) is 5.91 Å². The fraction of sp³-hybridized carbons (Fsp3) is 0.545. The summed E-state index contributed by atoms with van der Waals surface area (Å²) >= 11 is 1.59. The minimum Gasteiger partial charge on any atom is -0.334 e. The molecule has 1 amide bonds. The van der Waals surface area contributed by atoms with E-state index in [1.807, 2.05) is 34.0 Å². The first kappa shape index (κ1) is 18.6. The minimum atomic E-state index is 0.151. The quantitative estimate of drug-likeness (QED) is 0.740. The average molecular weight is 384 g/mol. The van der Waals surface area contributed by atoms with E-state index in [9.17, 15) is 4.79 Å². The highest BCUT2D eigenvalue weighted by molar-refractivity contribution is 7.08. The van der Waals surface area contributed by atoms with Crippen LogP contribution in [0.5, 0.6) is 0 Å². The van der Waals surface area contributed by atoms with Gasteiger partial charge in [-0.2, -0.15) is 11.3 Å². The molecule has 4 nitrogen and oxygen atoms in total. The third-order valence-corrected chi connectivity index (χ3v) is 6.80. The first-order chi connectivity index (χ1) is 13.3. The second-order valence-electron chi connectivity index (χ2n) is 7.98. The number of aromatic nitrogens is 1. The summed E-state index contributed by atoms with van der Waals surface area (Å²) in [6, 6.07) is 6.77. The maximum absolute atomic E-state index is 13.1. The van der Waals surface area contributed by atoms with Gasteiger partial charge in [0.05, 0.1) is 5.56 Å². The van der Waals surface area contributed by atoms with E-state index in [1.54, 1.807) is 17.5 Å². The average Bonchev–Trinajstić information content (AvgIpc) is 3.42. The molecule has 0 unspecified atom stereocenters. The zero-order valence-corrected chi connectivity index (χ0v) is 16.7. The van der Waals surface area contributed by atoms with E-state index >= 15 is 0 Å². The smallest absolute Gasteiger partial charge is 0.255 e. The van der Waals surface area contributed by atoms with E-state index in [-0.39, 0.29) is 5.91 Å². The summed E-state index contributed by atoms with van der Waals surface area (Å²) in [5.74, 6) is 0.750. The van der Waals surface area contributed by atoms with Gasteiger partial charge in [0.2, 0.25) is 0 Å². The van der Waals surface area contributed by atoms with Crippen molar-refractivity contribution in [2.45, 2.75) is 51.1 Å². The molecule has 0 radical (unpaired) electrons. The van der Waals surface area contributed by atoms with Crippen LogP contribution < -0.4 is 0 Å². The van der Waals surface area contributed by atoms with Crippen molar-refractivity contribution in [1.82, 2.24) is 14.8 Å². The van der Waals surface area contributed by atoms with Crippen LogP contribution in [0.4, 0.5) is 0 Å². The van der Waals surface area contributed by atoms with Crippen molar-refractivity contribution in [3.05, 3.63) is 52.5 Å². The molecule has 2 aromatic rings. The van der Waals surface area contributed by atoms with Gasteiger partial charge in [0.1, 0.15) is 0 Å². The number of hydrogen-bond acceptors (Lipinski definition) is 4. The Morgan fingerprint density at radius 3 is 2.67 bits per heavy atom. The first-order valence-corrected chi connectivity index (χ1v) is 11.2. The normalized spacial score (nSPS) is 19.4. The lowest BCUT2D eigenvalue weighted by Gasteiger charge is -2.37. The van der Waals surface area contributed by atoms with E-state index < -0.39 is 0 Å². The largest absolute Gasteiger partial charge is 0.334 e. The molecule has 2 aliphatic rings. The van der Waals surface area contributed by atoms with Crippen LogP contribution in [0.25, 0.3) is 0 Å². The fourth-order valence-corrected chi connectivity index (χ4v) is 5.21. The Labute approximate surface area is 166 Å². The van der Waals surface area contributed by atoms with Crippen molar-refractivity contribution in [1.29, 1.82) is 0 Å². The zero-order valence-electron chi connectivity index (χ0n) is 15.9. The molecule has 1 saturated carbocycles. The molecule has 27 heavy (non-hydrogen) atoms. The number of amides is 1. The van der Waals surface area contributed by atoms with Gasteiger partial charge in [0, 0.05) is 36.9 Å². The zero-order chi connectivity index (χ0) is 18.5. The van der Waals surface area contributed by atoms with Crippen LogP contribution in [0.1, 0.15) is 54.4 Å². The summed E-state index contributed by atoms with van der Waals surface area (Å²) in [6.45, 7) is 3.89. The SMILES string of the molecule is O=C(c1ccsc1)N(Cc1cccnc1)CC1CCN(C2CCCC2)CC1. The van der Waals surface area contributed by atoms with Gasteiger partial charge in [-0.1, -0.05) is 18.9 Å². The third kappa shape index (κ3) is 4.77. The Hall–Kier alpha value is -1.72. The predicted octanol–water partition coefficient (Wildman–Crippen LogP) is 4.44. The summed E-state index contributed by atoms with van der Waals surface area (Å²) in [4.78, 5) is 22.0. The van der Waals surface area contributed by atoms with Crippen molar-refractivity contribution in [2.24, 2.45) is 5.92 Å². The lowest BCUT2D eigenvalue weighted by molar-refractivity contribution is 0.0650. The second-order valence-corrected chi connectivity index (χ2v) is 8.76. The highest BCUT2D eigenvalue weighted by Crippen LogP contribution is 2.28.